The highest BCUT2D eigenvalue weighted by Crippen LogP contribution is 2.74. The third-order valence-electron chi connectivity index (χ3n) is 11.4. The second-order valence-electron chi connectivity index (χ2n) is 13.5. The summed E-state index contributed by atoms with van der Waals surface area (Å²) in [5, 5.41) is 15.3. The molecule has 1 aliphatic heterocycles. The van der Waals surface area contributed by atoms with E-state index in [1.807, 2.05) is 30.3 Å². The van der Waals surface area contributed by atoms with Gasteiger partial charge < -0.3 is 10.4 Å². The molecular formula is C32H41NO3. The van der Waals surface area contributed by atoms with Gasteiger partial charge in [-0.2, -0.15) is 0 Å². The van der Waals surface area contributed by atoms with E-state index in [1.54, 1.807) is 0 Å². The van der Waals surface area contributed by atoms with Crippen molar-refractivity contribution in [3.05, 3.63) is 59.2 Å². The summed E-state index contributed by atoms with van der Waals surface area (Å²) in [7, 11) is 0. The molecule has 2 N–H and O–H groups in total. The van der Waals surface area contributed by atoms with Crippen molar-refractivity contribution in [3.8, 4) is 0 Å². The lowest BCUT2D eigenvalue weighted by Gasteiger charge is -2.53. The second-order valence-corrected chi connectivity index (χ2v) is 13.5. The zero-order valence-corrected chi connectivity index (χ0v) is 22.6. The molecule has 3 fully saturated rings. The zero-order chi connectivity index (χ0) is 25.8. The molecule has 0 aromatic heterocycles. The Balaban J connectivity index is 1.55. The van der Waals surface area contributed by atoms with E-state index in [4.69, 9.17) is 0 Å². The molecule has 5 aliphatic rings. The van der Waals surface area contributed by atoms with E-state index in [0.29, 0.717) is 12.3 Å². The Morgan fingerprint density at radius 3 is 2.39 bits per heavy atom. The maximum absolute atomic E-state index is 15.0. The smallest absolute Gasteiger partial charge is 0.237 e. The highest BCUT2D eigenvalue weighted by molar-refractivity contribution is 6.13. The summed E-state index contributed by atoms with van der Waals surface area (Å²) < 4.78 is 0. The van der Waals surface area contributed by atoms with E-state index in [1.165, 1.54) is 11.1 Å². The number of hydrogen-bond donors (Lipinski definition) is 2. The maximum Gasteiger partial charge on any atom is 0.237 e. The normalized spacial score (nSPS) is 49.3. The summed E-state index contributed by atoms with van der Waals surface area (Å²) in [4.78, 5) is 29.3. The number of Topliss-reactive ketones (excluding diaryl/α,β-unsaturated/α-hetero) is 1. The van der Waals surface area contributed by atoms with E-state index in [2.05, 4.69) is 59.0 Å². The Morgan fingerprint density at radius 2 is 1.69 bits per heavy atom. The Kier molecular flexibility index (Phi) is 4.99. The summed E-state index contributed by atoms with van der Waals surface area (Å²) in [5.74, 6) is -0.0702. The van der Waals surface area contributed by atoms with Crippen LogP contribution in [0.25, 0.3) is 0 Å². The molecule has 0 bridgehead atoms. The topological polar surface area (TPSA) is 66.4 Å². The number of aliphatic hydroxyl groups is 1. The lowest BCUT2D eigenvalue weighted by molar-refractivity contribution is -0.151. The predicted molar refractivity (Wildman–Crippen MR) is 141 cm³/mol. The molecule has 36 heavy (non-hydrogen) atoms. The second kappa shape index (κ2) is 7.43. The molecule has 2 saturated carbocycles. The van der Waals surface area contributed by atoms with E-state index < -0.39 is 22.5 Å². The minimum atomic E-state index is -1.47. The number of allylic oxidation sites excluding steroid dienone is 4. The molecule has 1 amide bonds. The number of carbonyl (C=O) groups excluding carboxylic acids is 2. The zero-order valence-electron chi connectivity index (χ0n) is 22.6. The van der Waals surface area contributed by atoms with Crippen LogP contribution in [-0.4, -0.2) is 22.5 Å². The van der Waals surface area contributed by atoms with Crippen LogP contribution in [0.3, 0.4) is 0 Å². The first-order chi connectivity index (χ1) is 16.9. The predicted octanol–water partition coefficient (Wildman–Crippen LogP) is 5.47. The van der Waals surface area contributed by atoms with Gasteiger partial charge in [-0.3, -0.25) is 9.59 Å². The largest absolute Gasteiger partial charge is 0.370 e. The molecule has 6 rings (SSSR count). The Morgan fingerprint density at radius 1 is 1.00 bits per heavy atom. The fourth-order valence-corrected chi connectivity index (χ4v) is 10.3. The van der Waals surface area contributed by atoms with Crippen LogP contribution in [-0.2, 0) is 16.0 Å². The van der Waals surface area contributed by atoms with Gasteiger partial charge in [0.1, 0.15) is 11.1 Å². The van der Waals surface area contributed by atoms with Gasteiger partial charge in [0.15, 0.2) is 5.78 Å². The Hall–Kier alpha value is -2.20. The van der Waals surface area contributed by atoms with Gasteiger partial charge in [0.05, 0.1) is 0 Å². The van der Waals surface area contributed by atoms with Crippen molar-refractivity contribution in [2.24, 2.45) is 51.8 Å². The molecule has 1 aromatic carbocycles. The van der Waals surface area contributed by atoms with Crippen molar-refractivity contribution < 1.29 is 14.7 Å². The molecule has 10 atom stereocenters. The van der Waals surface area contributed by atoms with Gasteiger partial charge in [0.2, 0.25) is 5.91 Å². The van der Waals surface area contributed by atoms with E-state index >= 15 is 0 Å². The number of amides is 1. The van der Waals surface area contributed by atoms with Crippen LogP contribution in [0.1, 0.15) is 66.4 Å². The highest BCUT2D eigenvalue weighted by atomic mass is 16.3. The van der Waals surface area contributed by atoms with Crippen LogP contribution in [0.2, 0.25) is 0 Å². The van der Waals surface area contributed by atoms with Gasteiger partial charge in [0, 0.05) is 23.7 Å². The van der Waals surface area contributed by atoms with Crippen molar-refractivity contribution in [3.63, 3.8) is 0 Å². The molecule has 1 saturated heterocycles. The molecule has 0 radical (unpaired) electrons. The van der Waals surface area contributed by atoms with Crippen molar-refractivity contribution >= 4 is 11.7 Å². The fraction of sp³-hybridized carbons (Fsp3) is 0.625. The minimum absolute atomic E-state index is 0.00810. The van der Waals surface area contributed by atoms with Crippen LogP contribution in [0.5, 0.6) is 0 Å². The van der Waals surface area contributed by atoms with Gasteiger partial charge in [-0.05, 0) is 61.3 Å². The molecule has 1 spiro atoms. The van der Waals surface area contributed by atoms with Gasteiger partial charge in [-0.25, -0.2) is 0 Å². The average Bonchev–Trinajstić information content (AvgIpc) is 3.14. The molecule has 1 aromatic rings. The quantitative estimate of drug-likeness (QED) is 0.429. The van der Waals surface area contributed by atoms with E-state index in [9.17, 15) is 14.7 Å². The monoisotopic (exact) mass is 487 g/mol. The van der Waals surface area contributed by atoms with Crippen LogP contribution < -0.4 is 5.32 Å². The molecular weight excluding hydrogens is 446 g/mol. The third-order valence-corrected chi connectivity index (χ3v) is 11.4. The SMILES string of the molecule is CC1=C[C@]2(C)[C@@H]3C(C)=C[C@]4(C)C[C@H](C)CC[C@H]4[C@@H]3C(=O)[C@]23C(=O)N[C@](O)(Cc2ccccc2)[C@H]3[C@@H]1C. The molecule has 4 nitrogen and oxygen atoms in total. The van der Waals surface area contributed by atoms with E-state index in [-0.39, 0.29) is 40.8 Å². The molecule has 0 unspecified atom stereocenters. The maximum atomic E-state index is 15.0. The summed E-state index contributed by atoms with van der Waals surface area (Å²) >= 11 is 0. The summed E-state index contributed by atoms with van der Waals surface area (Å²) in [6, 6.07) is 9.85. The van der Waals surface area contributed by atoms with E-state index in [0.717, 1.165) is 24.8 Å². The van der Waals surface area contributed by atoms with Crippen LogP contribution >= 0.6 is 0 Å². The number of hydrogen-bond acceptors (Lipinski definition) is 3. The first kappa shape index (κ1) is 24.2. The number of rotatable bonds is 2. The minimum Gasteiger partial charge on any atom is -0.370 e. The lowest BCUT2D eigenvalue weighted by atomic mass is 9.48. The summed E-state index contributed by atoms with van der Waals surface area (Å²) in [6.45, 7) is 13.2. The van der Waals surface area contributed by atoms with Crippen molar-refractivity contribution in [2.45, 2.75) is 73.0 Å². The molecule has 4 aliphatic carbocycles. The Bertz CT molecular complexity index is 1200. The molecule has 192 valence electrons. The summed E-state index contributed by atoms with van der Waals surface area (Å²) in [6.07, 6.45) is 8.27. The van der Waals surface area contributed by atoms with Crippen molar-refractivity contribution in [1.29, 1.82) is 0 Å². The van der Waals surface area contributed by atoms with Gasteiger partial charge in [-0.1, -0.05) is 87.7 Å². The highest BCUT2D eigenvalue weighted by Gasteiger charge is 2.82. The third kappa shape index (κ3) is 2.75. The molecule has 4 heteroatoms. The standard InChI is InChI=1S/C32H41NO3/c1-18-12-13-23-24-25(20(3)15-29(23,5)14-18)30(6)16-19(2)21(4)26-31(36,17-22-10-8-7-9-11-22)33-28(35)32(26,30)27(24)34/h7-11,15-16,18,21,23-26,36H,12-14,17H2,1-6H3,(H,33,35)/t18-,21-,23+,24+,25-,26-,29+,30-,31+,32-/m1/s1. The van der Waals surface area contributed by atoms with Gasteiger partial charge in [-0.15, -0.1) is 0 Å². The number of benzene rings is 1. The van der Waals surface area contributed by atoms with Crippen LogP contribution in [0, 0.1) is 51.8 Å². The first-order valence-electron chi connectivity index (χ1n) is 13.9. The number of carbonyl (C=O) groups is 2. The van der Waals surface area contributed by atoms with Gasteiger partial charge >= 0.3 is 0 Å². The van der Waals surface area contributed by atoms with Gasteiger partial charge in [0.25, 0.3) is 0 Å². The number of nitrogens with one attached hydrogen (secondary N) is 1. The van der Waals surface area contributed by atoms with Crippen molar-refractivity contribution in [2.75, 3.05) is 0 Å². The van der Waals surface area contributed by atoms with Crippen molar-refractivity contribution in [1.82, 2.24) is 5.32 Å². The van der Waals surface area contributed by atoms with Crippen LogP contribution in [0.15, 0.2) is 53.6 Å². The average molecular weight is 488 g/mol. The lowest BCUT2D eigenvalue weighted by Crippen LogP contribution is -2.57. The summed E-state index contributed by atoms with van der Waals surface area (Å²) in [5.41, 5.74) is -0.0161. The van der Waals surface area contributed by atoms with Crippen LogP contribution in [0.4, 0.5) is 0 Å². The Labute approximate surface area is 215 Å². The number of fused-ring (bicyclic) bond motifs is 4. The fourth-order valence-electron chi connectivity index (χ4n) is 10.3. The molecule has 1 heterocycles. The first-order valence-corrected chi connectivity index (χ1v) is 13.9. The number of ketones is 1.